The predicted molar refractivity (Wildman–Crippen MR) is 95.0 cm³/mol. The maximum Gasteiger partial charge on any atom is 0.263 e. The third-order valence-electron chi connectivity index (χ3n) is 4.25. The van der Waals surface area contributed by atoms with E-state index in [9.17, 15) is 13.6 Å². The van der Waals surface area contributed by atoms with Gasteiger partial charge in [-0.15, -0.1) is 5.10 Å². The number of hydrogen-bond acceptors (Lipinski definition) is 4. The molecular formula is C19H18F2N4O2. The van der Waals surface area contributed by atoms with Crippen LogP contribution in [0.5, 0.6) is 0 Å². The smallest absolute Gasteiger partial charge is 0.263 e. The molecule has 8 heteroatoms. The number of carbonyl (C=O) groups excluding carboxylic acids is 1. The van der Waals surface area contributed by atoms with Crippen LogP contribution in [0.3, 0.4) is 0 Å². The lowest BCUT2D eigenvalue weighted by Crippen LogP contribution is -2.40. The molecule has 1 amide bonds. The number of aromatic amines is 1. The van der Waals surface area contributed by atoms with E-state index in [1.54, 1.807) is 18.2 Å². The molecule has 0 radical (unpaired) electrons. The standard InChI is InChI=1S/C19H18F2N4O2/c1-19(27-2,14-8-3-4-9-15(14)21)17(26)23-18-22-16(24-25-18)11-12-6-5-7-13(20)10-12/h3-10H,11H2,1-2H3,(H2,22,23,24,25,26). The van der Waals surface area contributed by atoms with Gasteiger partial charge < -0.3 is 4.74 Å². The van der Waals surface area contributed by atoms with Gasteiger partial charge in [0.1, 0.15) is 17.5 Å². The molecule has 0 fully saturated rings. The van der Waals surface area contributed by atoms with Crippen molar-refractivity contribution in [1.82, 2.24) is 15.2 Å². The molecule has 1 heterocycles. The topological polar surface area (TPSA) is 79.9 Å². The summed E-state index contributed by atoms with van der Waals surface area (Å²) in [7, 11) is 1.32. The molecule has 140 valence electrons. The average Bonchev–Trinajstić information content (AvgIpc) is 3.08. The average molecular weight is 372 g/mol. The van der Waals surface area contributed by atoms with Gasteiger partial charge in [0.05, 0.1) is 0 Å². The van der Waals surface area contributed by atoms with Crippen molar-refractivity contribution in [1.29, 1.82) is 0 Å². The van der Waals surface area contributed by atoms with Gasteiger partial charge in [0.15, 0.2) is 5.60 Å². The van der Waals surface area contributed by atoms with Crippen molar-refractivity contribution in [3.63, 3.8) is 0 Å². The van der Waals surface area contributed by atoms with E-state index in [0.717, 1.165) is 0 Å². The van der Waals surface area contributed by atoms with Crippen LogP contribution in [0.15, 0.2) is 48.5 Å². The van der Waals surface area contributed by atoms with Gasteiger partial charge >= 0.3 is 0 Å². The largest absolute Gasteiger partial charge is 0.364 e. The van der Waals surface area contributed by atoms with Crippen LogP contribution < -0.4 is 5.32 Å². The van der Waals surface area contributed by atoms with Gasteiger partial charge in [-0.1, -0.05) is 30.3 Å². The number of rotatable bonds is 6. The summed E-state index contributed by atoms with van der Waals surface area (Å²) >= 11 is 0. The Hall–Kier alpha value is -3.13. The summed E-state index contributed by atoms with van der Waals surface area (Å²) in [6.45, 7) is 1.46. The second kappa shape index (κ2) is 7.63. The second-order valence-corrected chi connectivity index (χ2v) is 6.08. The summed E-state index contributed by atoms with van der Waals surface area (Å²) < 4.78 is 32.7. The van der Waals surface area contributed by atoms with Gasteiger partial charge in [-0.3, -0.25) is 15.2 Å². The van der Waals surface area contributed by atoms with Crippen molar-refractivity contribution >= 4 is 11.9 Å². The summed E-state index contributed by atoms with van der Waals surface area (Å²) in [5, 5.41) is 9.13. The zero-order valence-electron chi connectivity index (χ0n) is 14.8. The maximum atomic E-state index is 14.1. The number of H-pyrrole nitrogens is 1. The van der Waals surface area contributed by atoms with E-state index >= 15 is 0 Å². The summed E-state index contributed by atoms with van der Waals surface area (Å²) in [4.78, 5) is 16.9. The van der Waals surface area contributed by atoms with E-state index in [2.05, 4.69) is 20.5 Å². The fourth-order valence-corrected chi connectivity index (χ4v) is 2.66. The van der Waals surface area contributed by atoms with Gasteiger partial charge in [0.2, 0.25) is 5.95 Å². The number of nitrogens with one attached hydrogen (secondary N) is 2. The molecule has 2 N–H and O–H groups in total. The third kappa shape index (κ3) is 4.01. The molecule has 2 aromatic carbocycles. The molecule has 0 bridgehead atoms. The molecule has 27 heavy (non-hydrogen) atoms. The molecule has 0 aliphatic rings. The molecule has 0 saturated carbocycles. The summed E-state index contributed by atoms with van der Waals surface area (Å²) in [5.74, 6) is -1.06. The monoisotopic (exact) mass is 372 g/mol. The van der Waals surface area contributed by atoms with Crippen molar-refractivity contribution in [2.24, 2.45) is 0 Å². The molecule has 0 aliphatic heterocycles. The number of anilines is 1. The summed E-state index contributed by atoms with van der Waals surface area (Å²) in [6.07, 6.45) is 0.315. The van der Waals surface area contributed by atoms with Crippen molar-refractivity contribution in [3.8, 4) is 0 Å². The first-order valence-corrected chi connectivity index (χ1v) is 8.19. The van der Waals surface area contributed by atoms with Gasteiger partial charge in [-0.2, -0.15) is 4.98 Å². The Balaban J connectivity index is 1.76. The van der Waals surface area contributed by atoms with Crippen molar-refractivity contribution in [3.05, 3.63) is 77.1 Å². The molecule has 0 saturated heterocycles. The molecule has 0 spiro atoms. The van der Waals surface area contributed by atoms with Gasteiger partial charge in [0.25, 0.3) is 5.91 Å². The fourth-order valence-electron chi connectivity index (χ4n) is 2.66. The highest BCUT2D eigenvalue weighted by molar-refractivity contribution is 5.96. The summed E-state index contributed by atoms with van der Waals surface area (Å²) in [6, 6.07) is 12.0. The normalized spacial score (nSPS) is 13.2. The Morgan fingerprint density at radius 3 is 2.70 bits per heavy atom. The van der Waals surface area contributed by atoms with Crippen LogP contribution in [0.25, 0.3) is 0 Å². The van der Waals surface area contributed by atoms with Crippen molar-refractivity contribution in [2.75, 3.05) is 12.4 Å². The molecule has 3 aromatic rings. The van der Waals surface area contributed by atoms with Crippen LogP contribution >= 0.6 is 0 Å². The van der Waals surface area contributed by atoms with E-state index in [0.29, 0.717) is 17.8 Å². The number of halogens is 2. The third-order valence-corrected chi connectivity index (χ3v) is 4.25. The Morgan fingerprint density at radius 2 is 2.00 bits per heavy atom. The molecule has 0 aliphatic carbocycles. The molecule has 6 nitrogen and oxygen atoms in total. The number of hydrogen-bond donors (Lipinski definition) is 2. The van der Waals surface area contributed by atoms with E-state index in [4.69, 9.17) is 4.74 Å². The first-order chi connectivity index (χ1) is 12.9. The minimum Gasteiger partial charge on any atom is -0.364 e. The van der Waals surface area contributed by atoms with Crippen molar-refractivity contribution < 1.29 is 18.3 Å². The van der Waals surface area contributed by atoms with Crippen LogP contribution in [0, 0.1) is 11.6 Å². The lowest BCUT2D eigenvalue weighted by atomic mass is 9.94. The number of ether oxygens (including phenoxy) is 1. The predicted octanol–water partition coefficient (Wildman–Crippen LogP) is 3.17. The van der Waals surface area contributed by atoms with Gasteiger partial charge in [0, 0.05) is 19.1 Å². The van der Waals surface area contributed by atoms with Crippen LogP contribution in [-0.2, 0) is 21.6 Å². The number of aromatic nitrogens is 3. The summed E-state index contributed by atoms with van der Waals surface area (Å²) in [5.41, 5.74) is -0.757. The van der Waals surface area contributed by atoms with Crippen LogP contribution in [0.1, 0.15) is 23.9 Å². The molecular weight excluding hydrogens is 354 g/mol. The van der Waals surface area contributed by atoms with Crippen molar-refractivity contribution in [2.45, 2.75) is 18.9 Å². The van der Waals surface area contributed by atoms with E-state index in [1.807, 2.05) is 0 Å². The number of methoxy groups -OCH3 is 1. The second-order valence-electron chi connectivity index (χ2n) is 6.08. The number of benzene rings is 2. The van der Waals surface area contributed by atoms with Crippen LogP contribution in [0.4, 0.5) is 14.7 Å². The Bertz CT molecular complexity index is 960. The Morgan fingerprint density at radius 1 is 1.22 bits per heavy atom. The molecule has 1 aromatic heterocycles. The number of amides is 1. The molecule has 1 unspecified atom stereocenters. The van der Waals surface area contributed by atoms with Gasteiger partial charge in [-0.05, 0) is 30.7 Å². The lowest BCUT2D eigenvalue weighted by Gasteiger charge is -2.26. The Kier molecular flexibility index (Phi) is 5.27. The maximum absolute atomic E-state index is 14.1. The van der Waals surface area contributed by atoms with Crippen LogP contribution in [0.2, 0.25) is 0 Å². The van der Waals surface area contributed by atoms with Gasteiger partial charge in [-0.25, -0.2) is 8.78 Å². The minimum absolute atomic E-state index is 0.0195. The van der Waals surface area contributed by atoms with E-state index in [1.165, 1.54) is 44.4 Å². The highest BCUT2D eigenvalue weighted by Gasteiger charge is 2.38. The van der Waals surface area contributed by atoms with E-state index < -0.39 is 17.3 Å². The quantitative estimate of drug-likeness (QED) is 0.697. The minimum atomic E-state index is -1.56. The highest BCUT2D eigenvalue weighted by atomic mass is 19.1. The molecule has 3 rings (SSSR count). The SMILES string of the molecule is COC(C)(C(=O)Nc1n[nH]c(Cc2cccc(F)c2)n1)c1ccccc1F. The lowest BCUT2D eigenvalue weighted by molar-refractivity contribution is -0.137. The highest BCUT2D eigenvalue weighted by Crippen LogP contribution is 2.28. The first-order valence-electron chi connectivity index (χ1n) is 8.19. The molecule has 1 atom stereocenters. The zero-order chi connectivity index (χ0) is 19.4. The van der Waals surface area contributed by atoms with E-state index in [-0.39, 0.29) is 17.3 Å². The number of nitrogens with zero attached hydrogens (tertiary/aromatic N) is 2. The Labute approximate surface area is 154 Å². The zero-order valence-corrected chi connectivity index (χ0v) is 14.8. The first kappa shape index (κ1) is 18.7. The van der Waals surface area contributed by atoms with Crippen LogP contribution in [-0.4, -0.2) is 28.2 Å². The fraction of sp³-hybridized carbons (Fsp3) is 0.211. The number of carbonyl (C=O) groups is 1.